The molecule has 0 aliphatic heterocycles. The van der Waals surface area contributed by atoms with Crippen molar-refractivity contribution in [3.63, 3.8) is 0 Å². The largest absolute Gasteiger partial charge is 0.385 e. The summed E-state index contributed by atoms with van der Waals surface area (Å²) in [5, 5.41) is 17.6. The van der Waals surface area contributed by atoms with Gasteiger partial charge in [0.2, 0.25) is 5.91 Å². The number of nitrogens with zero attached hydrogens (tertiary/aromatic N) is 2. The Morgan fingerprint density at radius 1 is 1.22 bits per heavy atom. The first kappa shape index (κ1) is 25.7. The molecule has 36 heavy (non-hydrogen) atoms. The molecule has 10 heteroatoms. The number of benzene rings is 1. The van der Waals surface area contributed by atoms with E-state index in [0.717, 1.165) is 0 Å². The van der Waals surface area contributed by atoms with Crippen LogP contribution in [-0.4, -0.2) is 33.0 Å². The molecular formula is C26H31F2N5O3. The highest BCUT2D eigenvalue weighted by Gasteiger charge is 2.39. The first-order valence-corrected chi connectivity index (χ1v) is 12.1. The van der Waals surface area contributed by atoms with Crippen LogP contribution < -0.4 is 16.2 Å². The number of H-pyrrole nitrogens is 1. The number of aryl methyl sites for hydroxylation is 1. The van der Waals surface area contributed by atoms with Crippen LogP contribution in [0.1, 0.15) is 74.3 Å². The van der Waals surface area contributed by atoms with Crippen molar-refractivity contribution >= 4 is 22.8 Å². The number of amides is 1. The summed E-state index contributed by atoms with van der Waals surface area (Å²) in [4.78, 5) is 36.5. The second-order valence-corrected chi connectivity index (χ2v) is 9.55. The molecule has 2 atom stereocenters. The van der Waals surface area contributed by atoms with Crippen LogP contribution in [0.3, 0.4) is 0 Å². The molecule has 1 saturated carbocycles. The van der Waals surface area contributed by atoms with E-state index >= 15 is 0 Å². The number of halogens is 2. The summed E-state index contributed by atoms with van der Waals surface area (Å²) in [5.41, 5.74) is -1.16. The fraction of sp³-hybridized carbons (Fsp3) is 0.462. The zero-order chi connectivity index (χ0) is 26.2. The third kappa shape index (κ3) is 4.82. The Hall–Kier alpha value is -3.40. The van der Waals surface area contributed by atoms with Gasteiger partial charge in [0.1, 0.15) is 29.3 Å². The van der Waals surface area contributed by atoms with Crippen molar-refractivity contribution in [2.45, 2.75) is 64.3 Å². The maximum atomic E-state index is 15.0. The van der Waals surface area contributed by atoms with Crippen LogP contribution in [0.4, 0.5) is 14.6 Å². The number of aromatic amines is 1. The number of carbonyl (C=O) groups is 1. The molecule has 4 rings (SSSR count). The number of hydrogen-bond donors (Lipinski definition) is 4. The number of aromatic nitrogens is 3. The lowest BCUT2D eigenvalue weighted by Gasteiger charge is -2.35. The van der Waals surface area contributed by atoms with E-state index in [-0.39, 0.29) is 47.0 Å². The summed E-state index contributed by atoms with van der Waals surface area (Å²) < 4.78 is 28.8. The molecule has 0 saturated heterocycles. The van der Waals surface area contributed by atoms with Crippen LogP contribution in [0.2, 0.25) is 0 Å². The fourth-order valence-electron chi connectivity index (χ4n) is 4.98. The number of nitrogens with one attached hydrogen (secondary N) is 3. The second kappa shape index (κ2) is 9.93. The zero-order valence-corrected chi connectivity index (χ0v) is 20.8. The van der Waals surface area contributed by atoms with Crippen molar-refractivity contribution in [3.8, 4) is 0 Å². The highest BCUT2D eigenvalue weighted by Crippen LogP contribution is 2.39. The average Bonchev–Trinajstić information content (AvgIpc) is 2.83. The number of anilines is 1. The monoisotopic (exact) mass is 499 g/mol. The Morgan fingerprint density at radius 2 is 1.89 bits per heavy atom. The summed E-state index contributed by atoms with van der Waals surface area (Å²) in [7, 11) is 1.58. The molecule has 0 radical (unpaired) electrons. The molecule has 8 nitrogen and oxygen atoms in total. The van der Waals surface area contributed by atoms with Crippen LogP contribution in [0.15, 0.2) is 29.1 Å². The molecular weight excluding hydrogens is 468 g/mol. The van der Waals surface area contributed by atoms with E-state index in [1.165, 1.54) is 13.0 Å². The maximum Gasteiger partial charge on any atom is 0.255 e. The van der Waals surface area contributed by atoms with Crippen LogP contribution in [0.25, 0.3) is 11.0 Å². The summed E-state index contributed by atoms with van der Waals surface area (Å²) in [6, 6.07) is 5.58. The van der Waals surface area contributed by atoms with Crippen molar-refractivity contribution in [2.75, 3.05) is 12.4 Å². The summed E-state index contributed by atoms with van der Waals surface area (Å²) in [6.45, 7) is 4.68. The highest BCUT2D eigenvalue weighted by molar-refractivity contribution is 5.87. The number of aliphatic hydroxyl groups is 1. The Labute approximate surface area is 207 Å². The molecule has 2 aromatic heterocycles. The maximum absolute atomic E-state index is 15.0. The third-order valence-electron chi connectivity index (χ3n) is 7.06. The number of carbonyl (C=O) groups excluding carboxylic acids is 1. The van der Waals surface area contributed by atoms with Gasteiger partial charge in [-0.15, -0.1) is 0 Å². The quantitative estimate of drug-likeness (QED) is 0.406. The van der Waals surface area contributed by atoms with Crippen molar-refractivity contribution in [1.29, 1.82) is 0 Å². The normalized spacial score (nSPS) is 21.7. The van der Waals surface area contributed by atoms with Gasteiger partial charge in [0.15, 0.2) is 0 Å². The van der Waals surface area contributed by atoms with E-state index in [0.29, 0.717) is 29.9 Å². The summed E-state index contributed by atoms with van der Waals surface area (Å²) in [6.07, 6.45) is -0.0483. The van der Waals surface area contributed by atoms with Gasteiger partial charge < -0.3 is 20.7 Å². The van der Waals surface area contributed by atoms with Crippen LogP contribution >= 0.6 is 0 Å². The van der Waals surface area contributed by atoms with Crippen molar-refractivity contribution < 1.29 is 18.7 Å². The molecule has 1 unspecified atom stereocenters. The van der Waals surface area contributed by atoms with E-state index in [4.69, 9.17) is 0 Å². The Morgan fingerprint density at radius 3 is 2.53 bits per heavy atom. The van der Waals surface area contributed by atoms with E-state index in [1.807, 2.05) is 0 Å². The molecule has 192 valence electrons. The number of alkyl halides is 1. The number of hydrogen-bond acceptors (Lipinski definition) is 6. The van der Waals surface area contributed by atoms with Crippen molar-refractivity contribution in [1.82, 2.24) is 20.3 Å². The Balaban J connectivity index is 1.71. The molecule has 1 aromatic carbocycles. The van der Waals surface area contributed by atoms with E-state index in [2.05, 4.69) is 25.6 Å². The topological polar surface area (TPSA) is 120 Å². The van der Waals surface area contributed by atoms with E-state index in [9.17, 15) is 23.5 Å². The first-order valence-electron chi connectivity index (χ1n) is 12.1. The molecule has 4 N–H and O–H groups in total. The summed E-state index contributed by atoms with van der Waals surface area (Å²) in [5.74, 6) is -0.178. The molecule has 1 fully saturated rings. The third-order valence-corrected chi connectivity index (χ3v) is 7.06. The molecule has 2 heterocycles. The fourth-order valence-corrected chi connectivity index (χ4v) is 4.98. The molecule has 1 amide bonds. The van der Waals surface area contributed by atoms with Gasteiger partial charge in [-0.3, -0.25) is 9.59 Å². The van der Waals surface area contributed by atoms with Gasteiger partial charge in [0.05, 0.1) is 17.0 Å². The first-order chi connectivity index (χ1) is 17.0. The smallest absolute Gasteiger partial charge is 0.255 e. The predicted molar refractivity (Wildman–Crippen MR) is 133 cm³/mol. The minimum atomic E-state index is -1.45. The lowest BCUT2D eigenvalue weighted by molar-refractivity contribution is -0.127. The lowest BCUT2D eigenvalue weighted by atomic mass is 9.75. The van der Waals surface area contributed by atoms with Gasteiger partial charge in [-0.2, -0.15) is 0 Å². The van der Waals surface area contributed by atoms with Gasteiger partial charge in [0, 0.05) is 29.7 Å². The second-order valence-electron chi connectivity index (χ2n) is 9.55. The number of pyridine rings is 1. The summed E-state index contributed by atoms with van der Waals surface area (Å²) >= 11 is 0. The number of rotatable bonds is 6. The Bertz CT molecular complexity index is 1350. The van der Waals surface area contributed by atoms with E-state index in [1.54, 1.807) is 39.1 Å². The molecule has 1 aliphatic rings. The minimum Gasteiger partial charge on any atom is -0.385 e. The van der Waals surface area contributed by atoms with Gasteiger partial charge in [-0.25, -0.2) is 18.7 Å². The van der Waals surface area contributed by atoms with E-state index < -0.39 is 29.2 Å². The van der Waals surface area contributed by atoms with Crippen LogP contribution in [-0.2, 0) is 10.4 Å². The lowest BCUT2D eigenvalue weighted by Crippen LogP contribution is -2.40. The molecule has 0 bridgehead atoms. The van der Waals surface area contributed by atoms with Crippen LogP contribution in [0.5, 0.6) is 0 Å². The molecule has 0 spiro atoms. The Kier molecular flexibility index (Phi) is 7.08. The highest BCUT2D eigenvalue weighted by atomic mass is 19.1. The van der Waals surface area contributed by atoms with Crippen molar-refractivity contribution in [2.24, 2.45) is 5.92 Å². The minimum absolute atomic E-state index is 0.0222. The van der Waals surface area contributed by atoms with Gasteiger partial charge in [-0.1, -0.05) is 18.2 Å². The standard InChI is InChI=1S/C26H31F2N5O3/c1-13(27)17-6-5-7-18(21(17)28)14(2)30-22-19-12-20(25(35)33-23(19)32-15(3)31-22)26(36)10-8-16(9-11-26)24(34)29-4/h5-7,12-14,16,36H,8-11H2,1-4H3,(H,29,34)(H2,30,31,32,33,35)/t13?,14-,16?,26?/m1/s1. The average molecular weight is 500 g/mol. The van der Waals surface area contributed by atoms with Gasteiger partial charge in [-0.05, 0) is 52.5 Å². The van der Waals surface area contributed by atoms with Gasteiger partial charge in [0.25, 0.3) is 5.56 Å². The number of fused-ring (bicyclic) bond motifs is 1. The van der Waals surface area contributed by atoms with Crippen molar-refractivity contribution in [3.05, 3.63) is 63.0 Å². The molecule has 1 aliphatic carbocycles. The van der Waals surface area contributed by atoms with Gasteiger partial charge >= 0.3 is 0 Å². The molecule has 3 aromatic rings. The predicted octanol–water partition coefficient (Wildman–Crippen LogP) is 4.09. The SMILES string of the molecule is CNC(=O)C1CCC(O)(c2cc3c(N[C@H](C)c4cccc(C(C)F)c4F)nc(C)nc3[nH]c2=O)CC1. The van der Waals surface area contributed by atoms with Crippen LogP contribution in [0, 0.1) is 18.7 Å². The zero-order valence-electron chi connectivity index (χ0n) is 20.8.